The van der Waals surface area contributed by atoms with Crippen molar-refractivity contribution in [3.05, 3.63) is 42.2 Å². The topological polar surface area (TPSA) is 65.2 Å². The van der Waals surface area contributed by atoms with Gasteiger partial charge >= 0.3 is 0 Å². The van der Waals surface area contributed by atoms with Crippen LogP contribution >= 0.6 is 0 Å². The molecule has 6 nitrogen and oxygen atoms in total. The van der Waals surface area contributed by atoms with Crippen LogP contribution in [0.25, 0.3) is 11.1 Å². The monoisotopic (exact) mass is 349 g/mol. The van der Waals surface area contributed by atoms with Gasteiger partial charge in [0.15, 0.2) is 0 Å². The summed E-state index contributed by atoms with van der Waals surface area (Å²) in [4.78, 5) is 16.8. The Hall–Kier alpha value is -2.65. The molecule has 6 heteroatoms. The lowest BCUT2D eigenvalue weighted by Crippen LogP contribution is -2.55. The average molecular weight is 349 g/mol. The first-order valence-electron chi connectivity index (χ1n) is 9.18. The fourth-order valence-electron chi connectivity index (χ4n) is 3.72. The quantitative estimate of drug-likeness (QED) is 0.847. The van der Waals surface area contributed by atoms with Crippen molar-refractivity contribution in [2.75, 3.05) is 19.6 Å². The molecule has 1 saturated carbocycles. The Morgan fingerprint density at radius 3 is 2.73 bits per heavy atom. The summed E-state index contributed by atoms with van der Waals surface area (Å²) in [5.41, 5.74) is 3.07. The molecule has 26 heavy (non-hydrogen) atoms. The van der Waals surface area contributed by atoms with Crippen LogP contribution in [0.15, 0.2) is 36.5 Å². The molecule has 1 amide bonds. The van der Waals surface area contributed by atoms with Crippen molar-refractivity contribution in [3.63, 3.8) is 0 Å². The summed E-state index contributed by atoms with van der Waals surface area (Å²) in [7, 11) is 0. The SMILES string of the molecule is Cc1nn(CC(=O)N2CCN(C3CC3)C(C#N)C2)cc1-c1ccccc1. The van der Waals surface area contributed by atoms with E-state index in [0.717, 1.165) is 23.4 Å². The summed E-state index contributed by atoms with van der Waals surface area (Å²) in [5, 5.41) is 14.0. The van der Waals surface area contributed by atoms with Crippen molar-refractivity contribution in [2.24, 2.45) is 0 Å². The van der Waals surface area contributed by atoms with Gasteiger partial charge in [-0.2, -0.15) is 10.4 Å². The van der Waals surface area contributed by atoms with Gasteiger partial charge in [-0.05, 0) is 25.3 Å². The molecule has 2 aliphatic rings. The number of aryl methyl sites for hydroxylation is 1. The molecule has 2 aromatic rings. The number of nitrogens with zero attached hydrogens (tertiary/aromatic N) is 5. The van der Waals surface area contributed by atoms with Gasteiger partial charge in [-0.1, -0.05) is 30.3 Å². The third-order valence-corrected chi connectivity index (χ3v) is 5.27. The highest BCUT2D eigenvalue weighted by molar-refractivity contribution is 5.76. The number of hydrogen-bond donors (Lipinski definition) is 0. The first kappa shape index (κ1) is 16.8. The maximum atomic E-state index is 12.7. The van der Waals surface area contributed by atoms with Crippen molar-refractivity contribution >= 4 is 5.91 Å². The number of aromatic nitrogens is 2. The second-order valence-electron chi connectivity index (χ2n) is 7.15. The van der Waals surface area contributed by atoms with Gasteiger partial charge in [-0.15, -0.1) is 0 Å². The summed E-state index contributed by atoms with van der Waals surface area (Å²) in [6.07, 6.45) is 4.30. The predicted octanol–water partition coefficient (Wildman–Crippen LogP) is 2.06. The van der Waals surface area contributed by atoms with E-state index in [1.165, 1.54) is 12.8 Å². The minimum atomic E-state index is -0.181. The van der Waals surface area contributed by atoms with Crippen molar-refractivity contribution in [3.8, 4) is 17.2 Å². The molecule has 0 N–H and O–H groups in total. The maximum Gasteiger partial charge on any atom is 0.244 e. The number of rotatable bonds is 4. The van der Waals surface area contributed by atoms with Crippen LogP contribution in [0.5, 0.6) is 0 Å². The van der Waals surface area contributed by atoms with Gasteiger partial charge in [0.2, 0.25) is 5.91 Å². The molecule has 1 aliphatic heterocycles. The van der Waals surface area contributed by atoms with Gasteiger partial charge in [-0.25, -0.2) is 0 Å². The zero-order valence-corrected chi connectivity index (χ0v) is 15.0. The van der Waals surface area contributed by atoms with Crippen molar-refractivity contribution < 1.29 is 4.79 Å². The number of carbonyl (C=O) groups is 1. The molecule has 0 radical (unpaired) electrons. The van der Waals surface area contributed by atoms with E-state index in [-0.39, 0.29) is 18.5 Å². The van der Waals surface area contributed by atoms with Gasteiger partial charge in [0.25, 0.3) is 0 Å². The Balaban J connectivity index is 1.43. The van der Waals surface area contributed by atoms with Crippen molar-refractivity contribution in [1.82, 2.24) is 19.6 Å². The third-order valence-electron chi connectivity index (χ3n) is 5.27. The predicted molar refractivity (Wildman–Crippen MR) is 98.1 cm³/mol. The first-order chi connectivity index (χ1) is 12.7. The third kappa shape index (κ3) is 3.35. The molecule has 134 valence electrons. The molecule has 1 unspecified atom stereocenters. The number of nitriles is 1. The summed E-state index contributed by atoms with van der Waals surface area (Å²) >= 11 is 0. The Morgan fingerprint density at radius 1 is 1.27 bits per heavy atom. The van der Waals surface area contributed by atoms with E-state index in [9.17, 15) is 10.1 Å². The standard InChI is InChI=1S/C20H23N5O/c1-15-19(16-5-3-2-4-6-16)13-24(22-15)14-20(26)23-9-10-25(17-7-8-17)18(11-21)12-23/h2-6,13,17-18H,7-10,12,14H2,1H3. The van der Waals surface area contributed by atoms with E-state index in [1.807, 2.05) is 48.4 Å². The molecule has 4 rings (SSSR count). The van der Waals surface area contributed by atoms with Crippen LogP contribution in [0.1, 0.15) is 18.5 Å². The highest BCUT2D eigenvalue weighted by atomic mass is 16.2. The zero-order chi connectivity index (χ0) is 18.1. The fraction of sp³-hybridized carbons (Fsp3) is 0.450. The second-order valence-corrected chi connectivity index (χ2v) is 7.15. The first-order valence-corrected chi connectivity index (χ1v) is 9.18. The molecule has 1 aromatic carbocycles. The number of carbonyl (C=O) groups excluding carboxylic acids is 1. The lowest BCUT2D eigenvalue weighted by molar-refractivity contribution is -0.134. The minimum Gasteiger partial charge on any atom is -0.337 e. The molecule has 1 aromatic heterocycles. The number of benzene rings is 1. The molecule has 2 fully saturated rings. The van der Waals surface area contributed by atoms with Crippen LogP contribution in [-0.2, 0) is 11.3 Å². The second kappa shape index (κ2) is 6.93. The van der Waals surface area contributed by atoms with E-state index in [2.05, 4.69) is 16.1 Å². The highest BCUT2D eigenvalue weighted by Crippen LogP contribution is 2.30. The van der Waals surface area contributed by atoms with Gasteiger partial charge in [0, 0.05) is 37.4 Å². The van der Waals surface area contributed by atoms with E-state index < -0.39 is 0 Å². The summed E-state index contributed by atoms with van der Waals surface area (Å²) in [6, 6.07) is 12.8. The van der Waals surface area contributed by atoms with Crippen LogP contribution in [0.2, 0.25) is 0 Å². The molecule has 1 aliphatic carbocycles. The summed E-state index contributed by atoms with van der Waals surface area (Å²) < 4.78 is 1.72. The molecule has 0 spiro atoms. The van der Waals surface area contributed by atoms with Crippen LogP contribution < -0.4 is 0 Å². The zero-order valence-electron chi connectivity index (χ0n) is 15.0. The summed E-state index contributed by atoms with van der Waals surface area (Å²) in [5.74, 6) is 0.0304. The normalized spacial score (nSPS) is 20.8. The Kier molecular flexibility index (Phi) is 4.48. The lowest BCUT2D eigenvalue weighted by Gasteiger charge is -2.38. The lowest BCUT2D eigenvalue weighted by atomic mass is 10.1. The average Bonchev–Trinajstić information content (AvgIpc) is 3.45. The van der Waals surface area contributed by atoms with Crippen molar-refractivity contribution in [2.45, 2.75) is 38.4 Å². The van der Waals surface area contributed by atoms with E-state index in [4.69, 9.17) is 0 Å². The molecule has 1 atom stereocenters. The Bertz CT molecular complexity index is 834. The summed E-state index contributed by atoms with van der Waals surface area (Å²) in [6.45, 7) is 4.16. The molecule has 1 saturated heterocycles. The van der Waals surface area contributed by atoms with E-state index in [1.54, 1.807) is 4.68 Å². The highest BCUT2D eigenvalue weighted by Gasteiger charge is 2.38. The Morgan fingerprint density at radius 2 is 2.04 bits per heavy atom. The van der Waals surface area contributed by atoms with Crippen LogP contribution in [0, 0.1) is 18.3 Å². The van der Waals surface area contributed by atoms with Crippen LogP contribution in [-0.4, -0.2) is 57.2 Å². The van der Waals surface area contributed by atoms with Gasteiger partial charge in [0.05, 0.1) is 11.8 Å². The minimum absolute atomic E-state index is 0.0304. The molecular weight excluding hydrogens is 326 g/mol. The molecular formula is C20H23N5O. The van der Waals surface area contributed by atoms with Gasteiger partial charge in [-0.3, -0.25) is 14.4 Å². The Labute approximate surface area is 153 Å². The maximum absolute atomic E-state index is 12.7. The van der Waals surface area contributed by atoms with E-state index in [0.29, 0.717) is 19.1 Å². The fourth-order valence-corrected chi connectivity index (χ4v) is 3.72. The van der Waals surface area contributed by atoms with E-state index >= 15 is 0 Å². The van der Waals surface area contributed by atoms with Crippen molar-refractivity contribution in [1.29, 1.82) is 5.26 Å². The van der Waals surface area contributed by atoms with Gasteiger partial charge in [0.1, 0.15) is 12.6 Å². The smallest absolute Gasteiger partial charge is 0.244 e. The van der Waals surface area contributed by atoms with Crippen LogP contribution in [0.4, 0.5) is 0 Å². The molecule has 2 heterocycles. The van der Waals surface area contributed by atoms with Gasteiger partial charge < -0.3 is 4.90 Å². The van der Waals surface area contributed by atoms with Crippen LogP contribution in [0.3, 0.4) is 0 Å². The number of piperazine rings is 1. The number of hydrogen-bond acceptors (Lipinski definition) is 4. The number of amides is 1. The molecule has 0 bridgehead atoms. The largest absolute Gasteiger partial charge is 0.337 e.